The molecule has 8 nitrogen and oxygen atoms in total. The molecule has 0 radical (unpaired) electrons. The standard InChI is InChI=1S/C24H22Cl3N3O5S2/c25-14-6-16(27)17(7-15(14)26)36-9-18(31)29-19-22(33)30-20(24(34)35)13(8-37-23(19)30)12(5-10-1-2-10)11-3-4-28-21(11)32/h6-7,10,19,23H,1-5,8-9H2,(H,28,32)(H,29,31)(H,34,35)/t19-,23-/m1/s1. The number of carboxylic acid groups (broad SMARTS) is 1. The SMILES string of the molecule is O=C(CSc1cc(Cl)c(Cl)cc1Cl)N[C@@H]1C(=O)N2C(C(=O)O)=C(C(CC3CC3)=C3CCNC3=O)CS[C@H]12. The van der Waals surface area contributed by atoms with Gasteiger partial charge in [0.1, 0.15) is 17.1 Å². The molecule has 0 unspecified atom stereocenters. The van der Waals surface area contributed by atoms with Crippen LogP contribution in [0.15, 0.2) is 39.4 Å². The van der Waals surface area contributed by atoms with E-state index in [-0.39, 0.29) is 17.4 Å². The number of carbonyl (C=O) groups excluding carboxylic acids is 3. The molecule has 3 fully saturated rings. The van der Waals surface area contributed by atoms with Gasteiger partial charge in [0.15, 0.2) is 0 Å². The van der Waals surface area contributed by atoms with E-state index >= 15 is 0 Å². The van der Waals surface area contributed by atoms with E-state index in [0.29, 0.717) is 62.2 Å². The molecule has 5 rings (SSSR count). The Morgan fingerprint density at radius 3 is 2.54 bits per heavy atom. The Bertz CT molecular complexity index is 1280. The van der Waals surface area contributed by atoms with Crippen molar-refractivity contribution in [1.82, 2.24) is 15.5 Å². The molecule has 3 heterocycles. The molecule has 13 heteroatoms. The van der Waals surface area contributed by atoms with Gasteiger partial charge in [-0.25, -0.2) is 4.79 Å². The Labute approximate surface area is 236 Å². The third-order valence-electron chi connectivity index (χ3n) is 6.67. The van der Waals surface area contributed by atoms with E-state index in [9.17, 15) is 24.3 Å². The van der Waals surface area contributed by atoms with Crippen molar-refractivity contribution in [2.75, 3.05) is 18.1 Å². The summed E-state index contributed by atoms with van der Waals surface area (Å²) in [6.07, 6.45) is 3.27. The number of halogens is 3. The monoisotopic (exact) mass is 601 g/mol. The molecular formula is C24H22Cl3N3O5S2. The van der Waals surface area contributed by atoms with E-state index in [1.54, 1.807) is 6.07 Å². The lowest BCUT2D eigenvalue weighted by atomic mass is 9.91. The predicted molar refractivity (Wildman–Crippen MR) is 144 cm³/mol. The fourth-order valence-corrected chi connectivity index (χ4v) is 7.60. The van der Waals surface area contributed by atoms with Crippen LogP contribution in [-0.4, -0.2) is 63.2 Å². The van der Waals surface area contributed by atoms with E-state index in [0.717, 1.165) is 30.2 Å². The van der Waals surface area contributed by atoms with Crippen molar-refractivity contribution in [3.8, 4) is 0 Å². The van der Waals surface area contributed by atoms with Gasteiger partial charge in [0.25, 0.3) is 5.91 Å². The number of nitrogens with one attached hydrogen (secondary N) is 2. The van der Waals surface area contributed by atoms with E-state index < -0.39 is 29.2 Å². The normalized spacial score (nSPS) is 24.5. The molecule has 1 saturated carbocycles. The summed E-state index contributed by atoms with van der Waals surface area (Å²) in [6, 6.07) is 2.23. The summed E-state index contributed by atoms with van der Waals surface area (Å²) in [5.41, 5.74) is 1.83. The summed E-state index contributed by atoms with van der Waals surface area (Å²) in [4.78, 5) is 52.4. The summed E-state index contributed by atoms with van der Waals surface area (Å²) in [7, 11) is 0. The van der Waals surface area contributed by atoms with Crippen LogP contribution in [-0.2, 0) is 19.2 Å². The highest BCUT2D eigenvalue weighted by molar-refractivity contribution is 8.00. The maximum Gasteiger partial charge on any atom is 0.352 e. The van der Waals surface area contributed by atoms with Crippen LogP contribution in [0.5, 0.6) is 0 Å². The van der Waals surface area contributed by atoms with Crippen LogP contribution in [0, 0.1) is 5.92 Å². The Morgan fingerprint density at radius 2 is 1.89 bits per heavy atom. The molecule has 2 atom stereocenters. The van der Waals surface area contributed by atoms with Gasteiger partial charge in [-0.1, -0.05) is 34.8 Å². The summed E-state index contributed by atoms with van der Waals surface area (Å²) < 4.78 is 0. The lowest BCUT2D eigenvalue weighted by molar-refractivity contribution is -0.150. The molecule has 2 saturated heterocycles. The van der Waals surface area contributed by atoms with Crippen LogP contribution in [0.25, 0.3) is 0 Å². The number of amides is 3. The number of hydrogen-bond donors (Lipinski definition) is 3. The quantitative estimate of drug-likeness (QED) is 0.178. The van der Waals surface area contributed by atoms with Crippen LogP contribution >= 0.6 is 58.3 Å². The molecule has 1 aromatic rings. The maximum atomic E-state index is 13.1. The molecule has 1 aliphatic carbocycles. The highest BCUT2D eigenvalue weighted by atomic mass is 35.5. The Hall–Kier alpha value is -1.85. The van der Waals surface area contributed by atoms with Crippen molar-refractivity contribution in [3.05, 3.63) is 49.6 Å². The molecule has 0 spiro atoms. The van der Waals surface area contributed by atoms with Crippen molar-refractivity contribution >= 4 is 82.0 Å². The average Bonchev–Trinajstić information content (AvgIpc) is 3.59. The summed E-state index contributed by atoms with van der Waals surface area (Å²) in [5.74, 6) is -1.49. The molecule has 0 aromatic heterocycles. The zero-order valence-corrected chi connectivity index (χ0v) is 23.2. The molecule has 0 bridgehead atoms. The molecule has 196 valence electrons. The van der Waals surface area contributed by atoms with Gasteiger partial charge >= 0.3 is 5.97 Å². The van der Waals surface area contributed by atoms with Gasteiger partial charge < -0.3 is 15.7 Å². The minimum atomic E-state index is -1.21. The number of aliphatic carboxylic acids is 1. The number of hydrogen-bond acceptors (Lipinski definition) is 6. The zero-order chi connectivity index (χ0) is 26.4. The topological polar surface area (TPSA) is 116 Å². The largest absolute Gasteiger partial charge is 0.477 e. The van der Waals surface area contributed by atoms with Gasteiger partial charge in [-0.15, -0.1) is 23.5 Å². The number of fused-ring (bicyclic) bond motifs is 1. The lowest BCUT2D eigenvalue weighted by Crippen LogP contribution is -2.70. The van der Waals surface area contributed by atoms with Crippen molar-refractivity contribution < 1.29 is 24.3 Å². The smallest absolute Gasteiger partial charge is 0.352 e. The second-order valence-corrected chi connectivity index (χ2v) is 12.5. The number of allylic oxidation sites excluding steroid dienone is 1. The van der Waals surface area contributed by atoms with Crippen LogP contribution in [0.4, 0.5) is 0 Å². The number of rotatable bonds is 8. The fourth-order valence-electron chi connectivity index (χ4n) is 4.67. The number of benzene rings is 1. The number of β-lactam (4-membered cyclic amide) rings is 1. The Balaban J connectivity index is 1.32. The lowest BCUT2D eigenvalue weighted by Gasteiger charge is -2.49. The molecular weight excluding hydrogens is 581 g/mol. The summed E-state index contributed by atoms with van der Waals surface area (Å²) >= 11 is 20.7. The van der Waals surface area contributed by atoms with Gasteiger partial charge in [0.2, 0.25) is 11.8 Å². The highest BCUT2D eigenvalue weighted by Gasteiger charge is 2.54. The van der Waals surface area contributed by atoms with Gasteiger partial charge in [-0.05, 0) is 54.9 Å². The molecule has 37 heavy (non-hydrogen) atoms. The van der Waals surface area contributed by atoms with Gasteiger partial charge in [-0.3, -0.25) is 19.3 Å². The van der Waals surface area contributed by atoms with E-state index in [2.05, 4.69) is 10.6 Å². The summed E-state index contributed by atoms with van der Waals surface area (Å²) in [5, 5.41) is 16.1. The Kier molecular flexibility index (Phi) is 7.75. The number of thioether (sulfide) groups is 2. The Morgan fingerprint density at radius 1 is 1.16 bits per heavy atom. The van der Waals surface area contributed by atoms with Crippen molar-refractivity contribution in [3.63, 3.8) is 0 Å². The van der Waals surface area contributed by atoms with Crippen molar-refractivity contribution in [2.24, 2.45) is 5.92 Å². The minimum Gasteiger partial charge on any atom is -0.477 e. The average molecular weight is 603 g/mol. The van der Waals surface area contributed by atoms with Crippen LogP contribution in [0.3, 0.4) is 0 Å². The third-order valence-corrected chi connectivity index (χ3v) is 10.2. The first-order valence-corrected chi connectivity index (χ1v) is 14.8. The zero-order valence-electron chi connectivity index (χ0n) is 19.3. The van der Waals surface area contributed by atoms with E-state index in [4.69, 9.17) is 34.8 Å². The first-order chi connectivity index (χ1) is 17.7. The number of carbonyl (C=O) groups is 4. The van der Waals surface area contributed by atoms with E-state index in [1.165, 1.54) is 22.7 Å². The van der Waals surface area contributed by atoms with Crippen molar-refractivity contribution in [1.29, 1.82) is 0 Å². The molecule has 3 N–H and O–H groups in total. The molecule has 4 aliphatic rings. The van der Waals surface area contributed by atoms with Crippen LogP contribution < -0.4 is 10.6 Å². The molecule has 1 aromatic carbocycles. The highest BCUT2D eigenvalue weighted by Crippen LogP contribution is 2.46. The second-order valence-electron chi connectivity index (χ2n) is 9.18. The van der Waals surface area contributed by atoms with Crippen molar-refractivity contribution in [2.45, 2.75) is 42.0 Å². The summed E-state index contributed by atoms with van der Waals surface area (Å²) in [6.45, 7) is 0.524. The van der Waals surface area contributed by atoms with Crippen LogP contribution in [0.2, 0.25) is 15.1 Å². The minimum absolute atomic E-state index is 0.0154. The first kappa shape index (κ1) is 26.7. The number of carboxylic acids is 1. The second kappa shape index (κ2) is 10.7. The molecule has 3 aliphatic heterocycles. The predicted octanol–water partition coefficient (Wildman–Crippen LogP) is 4.09. The van der Waals surface area contributed by atoms with Gasteiger partial charge in [-0.2, -0.15) is 0 Å². The third kappa shape index (κ3) is 5.36. The maximum absolute atomic E-state index is 13.1. The van der Waals surface area contributed by atoms with E-state index in [1.807, 2.05) is 0 Å². The van der Waals surface area contributed by atoms with Crippen LogP contribution in [0.1, 0.15) is 25.7 Å². The molecule has 3 amide bonds. The first-order valence-electron chi connectivity index (χ1n) is 11.6. The van der Waals surface area contributed by atoms with Gasteiger partial charge in [0, 0.05) is 22.8 Å². The fraction of sp³-hybridized carbons (Fsp3) is 0.417. The van der Waals surface area contributed by atoms with Gasteiger partial charge in [0.05, 0.1) is 20.8 Å². The number of nitrogens with zero attached hydrogens (tertiary/aromatic N) is 1.